The lowest BCUT2D eigenvalue weighted by molar-refractivity contribution is -0.116. The molecule has 1 saturated heterocycles. The number of benzene rings is 3. The minimum atomic E-state index is -0.295. The molecule has 3 aromatic carbocycles. The van der Waals surface area contributed by atoms with Crippen LogP contribution in [0.15, 0.2) is 48.5 Å². The molecule has 0 unspecified atom stereocenters. The molecule has 2 amide bonds. The van der Waals surface area contributed by atoms with Crippen LogP contribution in [0.25, 0.3) is 0 Å². The molecule has 1 spiro atoms. The van der Waals surface area contributed by atoms with E-state index < -0.39 is 0 Å². The van der Waals surface area contributed by atoms with Gasteiger partial charge in [0, 0.05) is 49.6 Å². The zero-order chi connectivity index (χ0) is 31.1. The fourth-order valence-electron chi connectivity index (χ4n) is 6.73. The van der Waals surface area contributed by atoms with E-state index in [-0.39, 0.29) is 34.8 Å². The van der Waals surface area contributed by atoms with E-state index in [0.29, 0.717) is 39.8 Å². The largest absolute Gasteiger partial charge is 0.341 e. The number of hydrogen-bond acceptors (Lipinski definition) is 3. The Morgan fingerprint density at radius 1 is 0.977 bits per heavy atom. The first-order valence-corrected chi connectivity index (χ1v) is 15.4. The molecule has 0 N–H and O–H groups in total. The highest BCUT2D eigenvalue weighted by atomic mass is 35.5. The first kappa shape index (κ1) is 31.4. The van der Waals surface area contributed by atoms with Crippen molar-refractivity contribution in [3.05, 3.63) is 98.0 Å². The van der Waals surface area contributed by atoms with Gasteiger partial charge < -0.3 is 14.7 Å². The van der Waals surface area contributed by atoms with Crippen molar-refractivity contribution >= 4 is 40.7 Å². The summed E-state index contributed by atoms with van der Waals surface area (Å²) < 4.78 is 28.5. The van der Waals surface area contributed by atoms with E-state index in [1.807, 2.05) is 12.1 Å². The number of likely N-dealkylation sites (N-methyl/N-ethyl adjacent to an activating group) is 1. The molecular weight excluding hydrogens is 591 g/mol. The highest BCUT2D eigenvalue weighted by Gasteiger charge is 2.46. The molecule has 43 heavy (non-hydrogen) atoms. The van der Waals surface area contributed by atoms with Crippen LogP contribution < -0.4 is 4.90 Å². The summed E-state index contributed by atoms with van der Waals surface area (Å²) in [5, 5.41) is 0.935. The highest BCUT2D eigenvalue weighted by Crippen LogP contribution is 2.47. The van der Waals surface area contributed by atoms with Gasteiger partial charge in [0.25, 0.3) is 5.91 Å². The van der Waals surface area contributed by atoms with Crippen molar-refractivity contribution in [3.8, 4) is 0 Å². The summed E-state index contributed by atoms with van der Waals surface area (Å²) in [4.78, 5) is 31.6. The predicted molar refractivity (Wildman–Crippen MR) is 168 cm³/mol. The van der Waals surface area contributed by atoms with Gasteiger partial charge in [0.15, 0.2) is 0 Å². The number of fused-ring (bicyclic) bond motifs is 2. The third-order valence-electron chi connectivity index (χ3n) is 9.21. The van der Waals surface area contributed by atoms with Crippen LogP contribution in [0.4, 0.5) is 14.5 Å². The van der Waals surface area contributed by atoms with E-state index in [1.54, 1.807) is 68.0 Å². The second kappa shape index (κ2) is 12.5. The monoisotopic (exact) mass is 627 g/mol. The number of rotatable bonds is 7. The first-order valence-electron chi connectivity index (χ1n) is 14.7. The molecule has 0 radical (unpaired) electrons. The molecule has 9 heteroatoms. The summed E-state index contributed by atoms with van der Waals surface area (Å²) in [6, 6.07) is 13.5. The number of nitrogens with zero attached hydrogens (tertiary/aromatic N) is 3. The number of amides is 2. The van der Waals surface area contributed by atoms with Crippen LogP contribution in [-0.4, -0.2) is 61.4 Å². The van der Waals surface area contributed by atoms with Crippen LogP contribution in [0, 0.1) is 25.5 Å². The van der Waals surface area contributed by atoms with Gasteiger partial charge in [-0.2, -0.15) is 0 Å². The quantitative estimate of drug-likeness (QED) is 0.272. The minimum absolute atomic E-state index is 0.0169. The van der Waals surface area contributed by atoms with Crippen LogP contribution in [0.2, 0.25) is 10.0 Å². The number of hydrogen-bond donors (Lipinski definition) is 0. The molecule has 2 aliphatic rings. The van der Waals surface area contributed by atoms with Crippen molar-refractivity contribution in [2.24, 2.45) is 0 Å². The second-order valence-corrected chi connectivity index (χ2v) is 13.0. The third-order valence-corrected chi connectivity index (χ3v) is 9.95. The topological polar surface area (TPSA) is 43.9 Å². The molecule has 2 aliphatic heterocycles. The molecule has 0 aliphatic carbocycles. The number of aryl methyl sites for hydroxylation is 2. The van der Waals surface area contributed by atoms with E-state index in [4.69, 9.17) is 23.2 Å². The summed E-state index contributed by atoms with van der Waals surface area (Å²) in [6.45, 7) is 8.35. The van der Waals surface area contributed by atoms with Gasteiger partial charge in [0.1, 0.15) is 11.6 Å². The highest BCUT2D eigenvalue weighted by molar-refractivity contribution is 6.42. The number of carbonyl (C=O) groups is 2. The molecule has 3 aromatic rings. The molecule has 5 nitrogen and oxygen atoms in total. The van der Waals surface area contributed by atoms with Gasteiger partial charge in [-0.25, -0.2) is 8.78 Å². The zero-order valence-corrected chi connectivity index (χ0v) is 26.5. The van der Waals surface area contributed by atoms with E-state index in [2.05, 4.69) is 4.90 Å². The van der Waals surface area contributed by atoms with Gasteiger partial charge in [0.05, 0.1) is 10.0 Å². The van der Waals surface area contributed by atoms with Crippen LogP contribution in [0.5, 0.6) is 0 Å². The van der Waals surface area contributed by atoms with Crippen molar-refractivity contribution < 1.29 is 18.4 Å². The van der Waals surface area contributed by atoms with E-state index in [1.165, 1.54) is 6.07 Å². The normalized spacial score (nSPS) is 16.8. The Balaban J connectivity index is 1.29. The fraction of sp³-hybridized carbons (Fsp3) is 0.412. The summed E-state index contributed by atoms with van der Waals surface area (Å²) >= 11 is 12.6. The number of halogens is 4. The Kier molecular flexibility index (Phi) is 9.17. The van der Waals surface area contributed by atoms with Crippen molar-refractivity contribution in [3.63, 3.8) is 0 Å². The molecule has 0 aromatic heterocycles. The molecular formula is C34H37Cl2F2N3O2. The zero-order valence-electron chi connectivity index (χ0n) is 25.0. The van der Waals surface area contributed by atoms with Crippen LogP contribution in [0.1, 0.15) is 64.7 Å². The maximum Gasteiger partial charge on any atom is 0.253 e. The lowest BCUT2D eigenvalue weighted by atomic mass is 9.74. The van der Waals surface area contributed by atoms with Gasteiger partial charge in [-0.1, -0.05) is 29.3 Å². The molecule has 0 saturated carbocycles. The van der Waals surface area contributed by atoms with Crippen molar-refractivity contribution in [1.29, 1.82) is 0 Å². The molecule has 228 valence electrons. The molecule has 1 fully saturated rings. The Bertz CT molecular complexity index is 1530. The number of carbonyl (C=O) groups excluding carboxylic acids is 2. The van der Waals surface area contributed by atoms with Gasteiger partial charge in [-0.15, -0.1) is 0 Å². The average molecular weight is 629 g/mol. The number of likely N-dealkylation sites (tertiary alicyclic amines) is 1. The summed E-state index contributed by atoms with van der Waals surface area (Å²) in [5.74, 6) is -0.784. The fourth-order valence-corrected chi connectivity index (χ4v) is 7.03. The second-order valence-electron chi connectivity index (χ2n) is 12.2. The smallest absolute Gasteiger partial charge is 0.253 e. The lowest BCUT2D eigenvalue weighted by Gasteiger charge is -2.40. The average Bonchev–Trinajstić information content (AvgIpc) is 3.28. The maximum absolute atomic E-state index is 14.3. The standard InChI is InChI=1S/C34H37Cl2F2N3O2/c1-21-15-26(16-22(2)32(21)38)33(43)39(4)19-25(24-5-7-29(35)30(36)17-24)9-12-40-13-10-34(11-14-40)20-41(23(3)42)31-8-6-27(37)18-28(31)34/h5-8,15-18,25H,9-14,19-20H2,1-4H3/t25-/m1/s1. The Morgan fingerprint density at radius 2 is 1.65 bits per heavy atom. The van der Waals surface area contributed by atoms with Gasteiger partial charge >= 0.3 is 0 Å². The minimum Gasteiger partial charge on any atom is -0.341 e. The third kappa shape index (κ3) is 6.45. The molecule has 1 atom stereocenters. The van der Waals surface area contributed by atoms with Crippen molar-refractivity contribution in [2.45, 2.75) is 51.4 Å². The van der Waals surface area contributed by atoms with Gasteiger partial charge in [-0.3, -0.25) is 9.59 Å². The first-order chi connectivity index (χ1) is 20.4. The van der Waals surface area contributed by atoms with E-state index >= 15 is 0 Å². The predicted octanol–water partition coefficient (Wildman–Crippen LogP) is 7.53. The summed E-state index contributed by atoms with van der Waals surface area (Å²) in [7, 11) is 1.77. The van der Waals surface area contributed by atoms with Gasteiger partial charge in [0.2, 0.25) is 5.91 Å². The Hall–Kier alpha value is -3.00. The van der Waals surface area contributed by atoms with E-state index in [9.17, 15) is 18.4 Å². The van der Waals surface area contributed by atoms with Crippen LogP contribution in [0.3, 0.4) is 0 Å². The molecule has 0 bridgehead atoms. The summed E-state index contributed by atoms with van der Waals surface area (Å²) in [6.07, 6.45) is 2.42. The Labute approximate surface area is 262 Å². The lowest BCUT2D eigenvalue weighted by Crippen LogP contribution is -2.46. The van der Waals surface area contributed by atoms with Crippen molar-refractivity contribution in [1.82, 2.24) is 9.80 Å². The number of anilines is 1. The SMILES string of the molecule is CC(=O)N1CC2(CCN(CC[C@H](CN(C)C(=O)c3cc(C)c(F)c(C)c3)c3ccc(Cl)c(Cl)c3)CC2)c2cc(F)ccc21. The van der Waals surface area contributed by atoms with Crippen LogP contribution >= 0.6 is 23.2 Å². The van der Waals surface area contributed by atoms with E-state index in [0.717, 1.165) is 55.7 Å². The van der Waals surface area contributed by atoms with Crippen molar-refractivity contribution in [2.75, 3.05) is 44.7 Å². The maximum atomic E-state index is 14.3. The molecule has 5 rings (SSSR count). The Morgan fingerprint density at radius 3 is 2.28 bits per heavy atom. The molecule has 2 heterocycles. The summed E-state index contributed by atoms with van der Waals surface area (Å²) in [5.41, 5.74) is 3.84. The van der Waals surface area contributed by atoms with Crippen LogP contribution in [-0.2, 0) is 10.2 Å². The number of piperidine rings is 1. The van der Waals surface area contributed by atoms with Gasteiger partial charge in [-0.05, 0) is 117 Å².